The van der Waals surface area contributed by atoms with Crippen LogP contribution in [0.5, 0.6) is 0 Å². The Morgan fingerprint density at radius 2 is 1.90 bits per heavy atom. The van der Waals surface area contributed by atoms with Crippen LogP contribution < -0.4 is 16.0 Å². The molecule has 39 heavy (non-hydrogen) atoms. The monoisotopic (exact) mass is 545 g/mol. The maximum absolute atomic E-state index is 13.5. The average Bonchev–Trinajstić information content (AvgIpc) is 3.49. The van der Waals surface area contributed by atoms with E-state index >= 15 is 0 Å². The number of nitrogens with two attached hydrogens (primary N) is 1. The van der Waals surface area contributed by atoms with Crippen LogP contribution in [0.2, 0.25) is 0 Å². The van der Waals surface area contributed by atoms with Crippen molar-refractivity contribution < 1.29 is 33.4 Å². The van der Waals surface area contributed by atoms with Gasteiger partial charge in [-0.2, -0.15) is 0 Å². The number of amides is 2. The Balaban J connectivity index is 1.75. The summed E-state index contributed by atoms with van der Waals surface area (Å²) in [4.78, 5) is 54.4. The number of ether oxygens (including phenoxy) is 3. The van der Waals surface area contributed by atoms with Gasteiger partial charge in [-0.15, -0.1) is 15.0 Å². The predicted octanol–water partition coefficient (Wildman–Crippen LogP) is -0.116. The van der Waals surface area contributed by atoms with Crippen LogP contribution in [0, 0.1) is 0 Å². The highest BCUT2D eigenvalue weighted by atomic mass is 16.6. The number of rotatable bonds is 11. The number of methoxy groups -OCH3 is 2. The first kappa shape index (κ1) is 29.6. The van der Waals surface area contributed by atoms with Gasteiger partial charge in [-0.1, -0.05) is 18.2 Å². The molecule has 14 nitrogen and oxygen atoms in total. The molecule has 0 bridgehead atoms. The summed E-state index contributed by atoms with van der Waals surface area (Å²) in [7, 11) is 2.66. The van der Waals surface area contributed by atoms with Crippen molar-refractivity contribution in [1.29, 1.82) is 0 Å². The Labute approximate surface area is 226 Å². The summed E-state index contributed by atoms with van der Waals surface area (Å²) >= 11 is 0. The number of esters is 2. The third-order valence-electron chi connectivity index (χ3n) is 5.84. The topological polar surface area (TPSA) is 181 Å². The van der Waals surface area contributed by atoms with Gasteiger partial charge in [0.05, 0.1) is 19.6 Å². The van der Waals surface area contributed by atoms with E-state index in [0.717, 1.165) is 12.7 Å². The van der Waals surface area contributed by atoms with Crippen molar-refractivity contribution in [3.8, 4) is 0 Å². The lowest BCUT2D eigenvalue weighted by Gasteiger charge is -2.28. The fourth-order valence-corrected chi connectivity index (χ4v) is 4.15. The first-order chi connectivity index (χ1) is 18.4. The van der Waals surface area contributed by atoms with E-state index in [1.54, 1.807) is 39.0 Å². The maximum atomic E-state index is 13.5. The SMILES string of the molecule is COCn1nnc(CC[C@H](N)C(=O)N2c3ccccc3C[C@H]2C(=O)N[C@@H](CC(=O)OC(C)(C)C)C(=O)OC)n1. The van der Waals surface area contributed by atoms with Gasteiger partial charge in [0.15, 0.2) is 12.6 Å². The van der Waals surface area contributed by atoms with E-state index in [-0.39, 0.29) is 26.0 Å². The number of hydrogen-bond acceptors (Lipinski definition) is 11. The molecule has 0 fully saturated rings. The number of carbonyl (C=O) groups is 4. The summed E-state index contributed by atoms with van der Waals surface area (Å²) in [6, 6.07) is 3.83. The molecule has 1 aromatic carbocycles. The number of nitrogens with zero attached hydrogens (tertiary/aromatic N) is 5. The lowest BCUT2D eigenvalue weighted by atomic mass is 10.1. The van der Waals surface area contributed by atoms with Crippen LogP contribution >= 0.6 is 0 Å². The Hall–Kier alpha value is -3.91. The molecule has 1 aliphatic rings. The fraction of sp³-hybridized carbons (Fsp3) is 0.560. The number of para-hydroxylation sites is 1. The van der Waals surface area contributed by atoms with Crippen LogP contribution in [0.4, 0.5) is 5.69 Å². The maximum Gasteiger partial charge on any atom is 0.328 e. The van der Waals surface area contributed by atoms with Crippen molar-refractivity contribution in [2.75, 3.05) is 19.1 Å². The van der Waals surface area contributed by atoms with E-state index in [1.165, 1.54) is 16.8 Å². The first-order valence-corrected chi connectivity index (χ1v) is 12.5. The van der Waals surface area contributed by atoms with Gasteiger partial charge in [0.1, 0.15) is 17.7 Å². The molecule has 2 heterocycles. The summed E-state index contributed by atoms with van der Waals surface area (Å²) in [5.74, 6) is -2.21. The van der Waals surface area contributed by atoms with Crippen molar-refractivity contribution in [2.45, 2.75) is 76.9 Å². The fourth-order valence-electron chi connectivity index (χ4n) is 4.15. The molecule has 0 unspecified atom stereocenters. The van der Waals surface area contributed by atoms with Crippen molar-refractivity contribution >= 4 is 29.4 Å². The lowest BCUT2D eigenvalue weighted by molar-refractivity contribution is -0.159. The normalized spacial score (nSPS) is 16.3. The Morgan fingerprint density at radius 3 is 2.56 bits per heavy atom. The van der Waals surface area contributed by atoms with Crippen LogP contribution in [0.25, 0.3) is 0 Å². The number of benzene rings is 1. The summed E-state index contributed by atoms with van der Waals surface area (Å²) in [5, 5.41) is 14.5. The molecule has 2 amide bonds. The number of hydrogen-bond donors (Lipinski definition) is 2. The molecule has 212 valence electrons. The number of nitrogens with one attached hydrogen (secondary N) is 1. The molecule has 3 N–H and O–H groups in total. The van der Waals surface area contributed by atoms with Gasteiger partial charge in [-0.05, 0) is 44.0 Å². The lowest BCUT2D eigenvalue weighted by Crippen LogP contribution is -2.56. The first-order valence-electron chi connectivity index (χ1n) is 12.5. The molecule has 1 aliphatic heterocycles. The van der Waals surface area contributed by atoms with Crippen molar-refractivity contribution in [2.24, 2.45) is 5.73 Å². The van der Waals surface area contributed by atoms with Crippen molar-refractivity contribution in [1.82, 2.24) is 25.5 Å². The minimum Gasteiger partial charge on any atom is -0.467 e. The van der Waals surface area contributed by atoms with E-state index < -0.39 is 53.9 Å². The van der Waals surface area contributed by atoms with Crippen molar-refractivity contribution in [3.63, 3.8) is 0 Å². The van der Waals surface area contributed by atoms with Crippen LogP contribution in [0.3, 0.4) is 0 Å². The highest BCUT2D eigenvalue weighted by molar-refractivity contribution is 6.06. The molecular weight excluding hydrogens is 510 g/mol. The van der Waals surface area contributed by atoms with Gasteiger partial charge < -0.3 is 25.3 Å². The molecule has 0 saturated heterocycles. The zero-order valence-electron chi connectivity index (χ0n) is 22.7. The van der Waals surface area contributed by atoms with Gasteiger partial charge in [0, 0.05) is 25.6 Å². The van der Waals surface area contributed by atoms with Gasteiger partial charge in [-0.3, -0.25) is 19.3 Å². The second kappa shape index (κ2) is 12.8. The number of aromatic nitrogens is 4. The summed E-state index contributed by atoms with van der Waals surface area (Å²) in [5.41, 5.74) is 6.80. The zero-order valence-corrected chi connectivity index (χ0v) is 22.7. The van der Waals surface area contributed by atoms with Gasteiger partial charge in [0.2, 0.25) is 11.8 Å². The summed E-state index contributed by atoms with van der Waals surface area (Å²) < 4.78 is 15.0. The number of fused-ring (bicyclic) bond motifs is 1. The second-order valence-electron chi connectivity index (χ2n) is 10.1. The average molecular weight is 546 g/mol. The third kappa shape index (κ3) is 7.80. The molecule has 0 radical (unpaired) electrons. The highest BCUT2D eigenvalue weighted by Crippen LogP contribution is 2.33. The quantitative estimate of drug-likeness (QED) is 0.359. The van der Waals surface area contributed by atoms with Crippen LogP contribution in [-0.2, 0) is 53.0 Å². The van der Waals surface area contributed by atoms with Crippen molar-refractivity contribution in [3.05, 3.63) is 35.7 Å². The molecule has 0 aliphatic carbocycles. The minimum absolute atomic E-state index is 0.139. The molecule has 2 aromatic rings. The van der Waals surface area contributed by atoms with Crippen LogP contribution in [0.1, 0.15) is 45.0 Å². The predicted molar refractivity (Wildman–Crippen MR) is 137 cm³/mol. The Bertz CT molecular complexity index is 1190. The number of tetrazole rings is 1. The Morgan fingerprint density at radius 1 is 1.18 bits per heavy atom. The van der Waals surface area contributed by atoms with Gasteiger partial charge in [0.25, 0.3) is 0 Å². The largest absolute Gasteiger partial charge is 0.467 e. The summed E-state index contributed by atoms with van der Waals surface area (Å²) in [6.07, 6.45) is 0.254. The molecular formula is C25H35N7O7. The number of anilines is 1. The molecule has 0 saturated carbocycles. The zero-order chi connectivity index (χ0) is 28.7. The highest BCUT2D eigenvalue weighted by Gasteiger charge is 2.41. The number of aryl methyl sites for hydroxylation is 1. The Kier molecular flexibility index (Phi) is 9.70. The molecule has 1 aromatic heterocycles. The second-order valence-corrected chi connectivity index (χ2v) is 10.1. The van der Waals surface area contributed by atoms with E-state index in [4.69, 9.17) is 19.9 Å². The van der Waals surface area contributed by atoms with E-state index in [0.29, 0.717) is 11.5 Å². The van der Waals surface area contributed by atoms with Crippen LogP contribution in [-0.4, -0.2) is 81.9 Å². The molecule has 14 heteroatoms. The summed E-state index contributed by atoms with van der Waals surface area (Å²) in [6.45, 7) is 5.21. The molecule has 3 rings (SSSR count). The third-order valence-corrected chi connectivity index (χ3v) is 5.84. The van der Waals surface area contributed by atoms with E-state index in [1.807, 2.05) is 6.07 Å². The standard InChI is InChI=1S/C25H35N7O7/c1-25(2,3)39-21(33)13-17(24(36)38-5)27-22(34)19-12-15-8-6-7-9-18(15)32(19)23(35)16(26)10-11-20-28-30-31(29-20)14-37-4/h6-9,16-17,19H,10-14,26H2,1-5H3,(H,27,34)/t16-,17-,19-/m0/s1. The molecule has 0 spiro atoms. The smallest absolute Gasteiger partial charge is 0.328 e. The van der Waals surface area contributed by atoms with Gasteiger partial charge >= 0.3 is 11.9 Å². The number of carbonyl (C=O) groups excluding carboxylic acids is 4. The van der Waals surface area contributed by atoms with E-state index in [9.17, 15) is 19.2 Å². The van der Waals surface area contributed by atoms with Crippen LogP contribution in [0.15, 0.2) is 24.3 Å². The minimum atomic E-state index is -1.30. The molecule has 3 atom stereocenters. The van der Waals surface area contributed by atoms with E-state index in [2.05, 4.69) is 20.7 Å². The van der Waals surface area contributed by atoms with Gasteiger partial charge in [-0.25, -0.2) is 4.79 Å².